The van der Waals surface area contributed by atoms with E-state index >= 15 is 0 Å². The lowest BCUT2D eigenvalue weighted by Gasteiger charge is -2.12. The van der Waals surface area contributed by atoms with E-state index in [4.69, 9.17) is 4.74 Å². The Labute approximate surface area is 121 Å². The third kappa shape index (κ3) is 2.33. The second kappa shape index (κ2) is 5.22. The fraction of sp³-hybridized carbons (Fsp3) is 0.176. The van der Waals surface area contributed by atoms with Crippen LogP contribution in [0.25, 0.3) is 21.5 Å². The maximum Gasteiger partial charge on any atom is 0.134 e. The fourth-order valence-electron chi connectivity index (χ4n) is 2.35. The standard InChI is InChI=1S/C17H15BrO/c1-2-9-19-17-15-6-4-3-5-12(15)10-13-7-8-14(18)11-16(13)17/h3-8,10-11H,2,9H2,1H3. The Morgan fingerprint density at radius 2 is 1.74 bits per heavy atom. The highest BCUT2D eigenvalue weighted by Gasteiger charge is 2.08. The van der Waals surface area contributed by atoms with E-state index in [2.05, 4.69) is 71.4 Å². The number of hydrogen-bond acceptors (Lipinski definition) is 1. The van der Waals surface area contributed by atoms with Crippen LogP contribution in [0.1, 0.15) is 13.3 Å². The van der Waals surface area contributed by atoms with Crippen LogP contribution in [-0.2, 0) is 0 Å². The molecular formula is C17H15BrO. The SMILES string of the molecule is CCCOc1c2ccccc2cc2ccc(Br)cc12. The van der Waals surface area contributed by atoms with E-state index in [1.165, 1.54) is 21.5 Å². The first-order chi connectivity index (χ1) is 9.29. The number of fused-ring (bicyclic) bond motifs is 2. The molecule has 0 saturated carbocycles. The molecule has 2 heteroatoms. The zero-order chi connectivity index (χ0) is 13.2. The van der Waals surface area contributed by atoms with Crippen molar-refractivity contribution in [2.75, 3.05) is 6.61 Å². The highest BCUT2D eigenvalue weighted by molar-refractivity contribution is 9.10. The summed E-state index contributed by atoms with van der Waals surface area (Å²) in [6, 6.07) is 16.9. The molecule has 0 radical (unpaired) electrons. The van der Waals surface area contributed by atoms with Crippen molar-refractivity contribution < 1.29 is 4.74 Å². The fourth-order valence-corrected chi connectivity index (χ4v) is 2.71. The molecule has 3 rings (SSSR count). The minimum absolute atomic E-state index is 0.746. The molecule has 3 aromatic rings. The highest BCUT2D eigenvalue weighted by Crippen LogP contribution is 2.36. The monoisotopic (exact) mass is 314 g/mol. The quantitative estimate of drug-likeness (QED) is 0.576. The predicted molar refractivity (Wildman–Crippen MR) is 84.9 cm³/mol. The Kier molecular flexibility index (Phi) is 3.43. The molecule has 0 N–H and O–H groups in total. The summed E-state index contributed by atoms with van der Waals surface area (Å²) in [4.78, 5) is 0. The summed E-state index contributed by atoms with van der Waals surface area (Å²) >= 11 is 3.54. The van der Waals surface area contributed by atoms with Gasteiger partial charge < -0.3 is 4.74 Å². The first kappa shape index (κ1) is 12.5. The van der Waals surface area contributed by atoms with Crippen LogP contribution in [0.3, 0.4) is 0 Å². The second-order valence-corrected chi connectivity index (χ2v) is 5.56. The van der Waals surface area contributed by atoms with Crippen LogP contribution in [0.4, 0.5) is 0 Å². The molecule has 0 aliphatic rings. The smallest absolute Gasteiger partial charge is 0.134 e. The van der Waals surface area contributed by atoms with Gasteiger partial charge in [0.25, 0.3) is 0 Å². The largest absolute Gasteiger partial charge is 0.492 e. The molecule has 0 bridgehead atoms. The lowest BCUT2D eigenvalue weighted by Crippen LogP contribution is -1.96. The topological polar surface area (TPSA) is 9.23 Å². The van der Waals surface area contributed by atoms with Crippen LogP contribution < -0.4 is 4.74 Å². The van der Waals surface area contributed by atoms with Crippen molar-refractivity contribution in [3.05, 3.63) is 53.0 Å². The Hall–Kier alpha value is -1.54. The van der Waals surface area contributed by atoms with Gasteiger partial charge in [-0.1, -0.05) is 53.2 Å². The third-order valence-corrected chi connectivity index (χ3v) is 3.72. The third-order valence-electron chi connectivity index (χ3n) is 3.23. The van der Waals surface area contributed by atoms with Gasteiger partial charge in [0.2, 0.25) is 0 Å². The summed E-state index contributed by atoms with van der Waals surface area (Å²) in [5.41, 5.74) is 0. The molecule has 0 saturated heterocycles. The van der Waals surface area contributed by atoms with E-state index in [0.717, 1.165) is 23.2 Å². The number of benzene rings is 3. The number of rotatable bonds is 3. The number of halogens is 1. The average Bonchev–Trinajstić information content (AvgIpc) is 2.44. The van der Waals surface area contributed by atoms with Gasteiger partial charge in [-0.25, -0.2) is 0 Å². The highest BCUT2D eigenvalue weighted by atomic mass is 79.9. The Bertz CT molecular complexity index is 734. The first-order valence-electron chi connectivity index (χ1n) is 6.53. The van der Waals surface area contributed by atoms with Gasteiger partial charge in [-0.2, -0.15) is 0 Å². The molecule has 0 amide bonds. The van der Waals surface area contributed by atoms with Gasteiger partial charge in [0.05, 0.1) is 6.61 Å². The molecule has 3 aromatic carbocycles. The van der Waals surface area contributed by atoms with Crippen molar-refractivity contribution in [1.82, 2.24) is 0 Å². The maximum absolute atomic E-state index is 6.02. The van der Waals surface area contributed by atoms with Crippen molar-refractivity contribution in [1.29, 1.82) is 0 Å². The summed E-state index contributed by atoms with van der Waals surface area (Å²) in [6.45, 7) is 2.87. The molecule has 0 fully saturated rings. The normalized spacial score (nSPS) is 11.1. The van der Waals surface area contributed by atoms with Crippen molar-refractivity contribution in [2.24, 2.45) is 0 Å². The molecule has 0 unspecified atom stereocenters. The molecule has 0 aliphatic carbocycles. The summed E-state index contributed by atoms with van der Waals surface area (Å²) < 4.78 is 7.10. The van der Waals surface area contributed by atoms with E-state index in [0.29, 0.717) is 0 Å². The Morgan fingerprint density at radius 3 is 2.58 bits per heavy atom. The van der Waals surface area contributed by atoms with Crippen molar-refractivity contribution in [3.8, 4) is 5.75 Å². The van der Waals surface area contributed by atoms with Crippen LogP contribution in [0.5, 0.6) is 5.75 Å². The van der Waals surface area contributed by atoms with E-state index in [1.807, 2.05) is 0 Å². The molecule has 0 atom stereocenters. The van der Waals surface area contributed by atoms with Gasteiger partial charge >= 0.3 is 0 Å². The number of hydrogen-bond donors (Lipinski definition) is 0. The van der Waals surface area contributed by atoms with E-state index in [-0.39, 0.29) is 0 Å². The van der Waals surface area contributed by atoms with E-state index in [1.54, 1.807) is 0 Å². The summed E-state index contributed by atoms with van der Waals surface area (Å²) in [5.74, 6) is 0.997. The Morgan fingerprint density at radius 1 is 0.947 bits per heavy atom. The molecule has 1 nitrogen and oxygen atoms in total. The summed E-state index contributed by atoms with van der Waals surface area (Å²) in [7, 11) is 0. The van der Waals surface area contributed by atoms with Gasteiger partial charge in [0.1, 0.15) is 5.75 Å². The predicted octanol–water partition coefficient (Wildman–Crippen LogP) is 5.54. The van der Waals surface area contributed by atoms with Gasteiger partial charge in [-0.15, -0.1) is 0 Å². The lowest BCUT2D eigenvalue weighted by atomic mass is 10.0. The maximum atomic E-state index is 6.02. The molecule has 0 aliphatic heterocycles. The van der Waals surface area contributed by atoms with Gasteiger partial charge in [0, 0.05) is 15.2 Å². The second-order valence-electron chi connectivity index (χ2n) is 4.64. The number of ether oxygens (including phenoxy) is 1. The van der Waals surface area contributed by atoms with Gasteiger partial charge in [-0.05, 0) is 35.4 Å². The lowest BCUT2D eigenvalue weighted by molar-refractivity contribution is 0.325. The molecule has 0 spiro atoms. The van der Waals surface area contributed by atoms with Gasteiger partial charge in [0.15, 0.2) is 0 Å². The van der Waals surface area contributed by atoms with Crippen LogP contribution >= 0.6 is 15.9 Å². The minimum atomic E-state index is 0.746. The van der Waals surface area contributed by atoms with Gasteiger partial charge in [-0.3, -0.25) is 0 Å². The van der Waals surface area contributed by atoms with E-state index < -0.39 is 0 Å². The van der Waals surface area contributed by atoms with Crippen molar-refractivity contribution in [2.45, 2.75) is 13.3 Å². The summed E-state index contributed by atoms with van der Waals surface area (Å²) in [5, 5.41) is 4.79. The molecule has 0 aromatic heterocycles. The van der Waals surface area contributed by atoms with Crippen molar-refractivity contribution in [3.63, 3.8) is 0 Å². The zero-order valence-corrected chi connectivity index (χ0v) is 12.4. The van der Waals surface area contributed by atoms with Crippen LogP contribution in [0.15, 0.2) is 53.0 Å². The molecule has 96 valence electrons. The zero-order valence-electron chi connectivity index (χ0n) is 10.8. The Balaban J connectivity index is 2.36. The van der Waals surface area contributed by atoms with Crippen LogP contribution in [0.2, 0.25) is 0 Å². The molecule has 0 heterocycles. The average molecular weight is 315 g/mol. The van der Waals surface area contributed by atoms with E-state index in [9.17, 15) is 0 Å². The van der Waals surface area contributed by atoms with Crippen LogP contribution in [0, 0.1) is 0 Å². The van der Waals surface area contributed by atoms with Crippen LogP contribution in [-0.4, -0.2) is 6.61 Å². The summed E-state index contributed by atoms with van der Waals surface area (Å²) in [6.07, 6.45) is 1.01. The minimum Gasteiger partial charge on any atom is -0.492 e. The molecular weight excluding hydrogens is 300 g/mol. The molecule has 19 heavy (non-hydrogen) atoms. The van der Waals surface area contributed by atoms with Crippen molar-refractivity contribution >= 4 is 37.5 Å². The first-order valence-corrected chi connectivity index (χ1v) is 7.32.